The van der Waals surface area contributed by atoms with Crippen molar-refractivity contribution in [3.05, 3.63) is 24.0 Å². The summed E-state index contributed by atoms with van der Waals surface area (Å²) < 4.78 is 10.5. The van der Waals surface area contributed by atoms with E-state index >= 15 is 0 Å². The van der Waals surface area contributed by atoms with Crippen LogP contribution in [0, 0.1) is 5.92 Å². The number of rotatable bonds is 7. The summed E-state index contributed by atoms with van der Waals surface area (Å²) in [7, 11) is 1.52. The Labute approximate surface area is 166 Å². The molecule has 0 radical (unpaired) electrons. The van der Waals surface area contributed by atoms with Gasteiger partial charge in [0.1, 0.15) is 5.75 Å². The van der Waals surface area contributed by atoms with Gasteiger partial charge in [0.15, 0.2) is 0 Å². The molecule has 2 heterocycles. The summed E-state index contributed by atoms with van der Waals surface area (Å²) in [5.74, 6) is 0.480. The normalized spacial score (nSPS) is 23.0. The second-order valence-electron chi connectivity index (χ2n) is 7.34. The Kier molecular flexibility index (Phi) is 7.62. The number of hydrogen-bond acceptors (Lipinski definition) is 6. The van der Waals surface area contributed by atoms with Gasteiger partial charge in [0, 0.05) is 44.3 Å². The van der Waals surface area contributed by atoms with E-state index in [0.29, 0.717) is 17.9 Å². The smallest absolute Gasteiger partial charge is 0.255 e. The predicted octanol–water partition coefficient (Wildman–Crippen LogP) is 0.827. The van der Waals surface area contributed by atoms with Crippen molar-refractivity contribution >= 4 is 11.8 Å². The molecule has 2 fully saturated rings. The van der Waals surface area contributed by atoms with Gasteiger partial charge in [-0.1, -0.05) is 0 Å². The fraction of sp³-hybridized carbons (Fsp3) is 0.650. The van der Waals surface area contributed by atoms with Gasteiger partial charge in [-0.15, -0.1) is 0 Å². The molecule has 154 valence electrons. The van der Waals surface area contributed by atoms with Gasteiger partial charge in [-0.05, 0) is 31.7 Å². The average molecular weight is 390 g/mol. The van der Waals surface area contributed by atoms with Crippen LogP contribution in [0.5, 0.6) is 5.75 Å². The molecule has 0 unspecified atom stereocenters. The molecule has 8 nitrogen and oxygen atoms in total. The Bertz CT molecular complexity index is 655. The van der Waals surface area contributed by atoms with Crippen molar-refractivity contribution in [1.29, 1.82) is 0 Å². The molecule has 1 aromatic heterocycles. The van der Waals surface area contributed by atoms with Crippen molar-refractivity contribution in [3.63, 3.8) is 0 Å². The molecule has 1 aliphatic heterocycles. The van der Waals surface area contributed by atoms with Gasteiger partial charge in [0.2, 0.25) is 5.91 Å². The largest absolute Gasteiger partial charge is 0.494 e. The maximum atomic E-state index is 12.5. The van der Waals surface area contributed by atoms with Crippen LogP contribution in [0.1, 0.15) is 36.0 Å². The molecule has 28 heavy (non-hydrogen) atoms. The summed E-state index contributed by atoms with van der Waals surface area (Å²) in [4.78, 5) is 31.2. The zero-order chi connectivity index (χ0) is 19.8. The lowest BCUT2D eigenvalue weighted by molar-refractivity contribution is -0.126. The van der Waals surface area contributed by atoms with E-state index in [1.165, 1.54) is 13.3 Å². The zero-order valence-electron chi connectivity index (χ0n) is 16.5. The van der Waals surface area contributed by atoms with Crippen LogP contribution in [0.3, 0.4) is 0 Å². The number of morpholine rings is 1. The first-order valence-corrected chi connectivity index (χ1v) is 10.0. The van der Waals surface area contributed by atoms with E-state index in [9.17, 15) is 9.59 Å². The van der Waals surface area contributed by atoms with E-state index in [2.05, 4.69) is 20.5 Å². The highest BCUT2D eigenvalue weighted by atomic mass is 16.5. The molecule has 0 aromatic carbocycles. The lowest BCUT2D eigenvalue weighted by atomic mass is 9.85. The third-order valence-electron chi connectivity index (χ3n) is 5.51. The van der Waals surface area contributed by atoms with E-state index in [1.54, 1.807) is 12.3 Å². The van der Waals surface area contributed by atoms with Gasteiger partial charge >= 0.3 is 0 Å². The SMILES string of the molecule is COc1cnccc1C(=O)NC1CCC(C(=O)NCCN2CCOCC2)CC1. The zero-order valence-corrected chi connectivity index (χ0v) is 16.5. The second-order valence-corrected chi connectivity index (χ2v) is 7.34. The lowest BCUT2D eigenvalue weighted by Gasteiger charge is -2.29. The van der Waals surface area contributed by atoms with Crippen molar-refractivity contribution in [3.8, 4) is 5.75 Å². The first-order valence-electron chi connectivity index (χ1n) is 10.0. The van der Waals surface area contributed by atoms with Crippen LogP contribution in [0.25, 0.3) is 0 Å². The maximum Gasteiger partial charge on any atom is 0.255 e. The van der Waals surface area contributed by atoms with Crippen LogP contribution in [-0.4, -0.2) is 74.2 Å². The molecule has 0 atom stereocenters. The first kappa shape index (κ1) is 20.5. The van der Waals surface area contributed by atoms with Gasteiger partial charge in [-0.2, -0.15) is 0 Å². The number of carbonyl (C=O) groups is 2. The number of ether oxygens (including phenoxy) is 2. The van der Waals surface area contributed by atoms with Crippen LogP contribution in [0.2, 0.25) is 0 Å². The summed E-state index contributed by atoms with van der Waals surface area (Å²) in [6.45, 7) is 4.96. The molecule has 0 bridgehead atoms. The molecule has 2 N–H and O–H groups in total. The van der Waals surface area contributed by atoms with E-state index in [4.69, 9.17) is 9.47 Å². The number of nitrogens with zero attached hydrogens (tertiary/aromatic N) is 2. The number of hydrogen-bond donors (Lipinski definition) is 2. The molecule has 2 aliphatic rings. The van der Waals surface area contributed by atoms with Gasteiger partial charge in [-0.25, -0.2) is 0 Å². The summed E-state index contributed by atoms with van der Waals surface area (Å²) in [6, 6.07) is 1.74. The van der Waals surface area contributed by atoms with E-state index in [-0.39, 0.29) is 23.8 Å². The Morgan fingerprint density at radius 2 is 2.00 bits per heavy atom. The Morgan fingerprint density at radius 3 is 2.71 bits per heavy atom. The van der Waals surface area contributed by atoms with Crippen molar-refractivity contribution < 1.29 is 19.1 Å². The number of methoxy groups -OCH3 is 1. The molecular formula is C20H30N4O4. The summed E-state index contributed by atoms with van der Waals surface area (Å²) >= 11 is 0. The average Bonchev–Trinajstić information content (AvgIpc) is 2.75. The highest BCUT2D eigenvalue weighted by molar-refractivity contribution is 5.96. The molecule has 3 rings (SSSR count). The molecule has 1 saturated heterocycles. The minimum atomic E-state index is -0.155. The van der Waals surface area contributed by atoms with Crippen molar-refractivity contribution in [1.82, 2.24) is 20.5 Å². The van der Waals surface area contributed by atoms with Crippen molar-refractivity contribution in [2.24, 2.45) is 5.92 Å². The fourth-order valence-corrected chi connectivity index (χ4v) is 3.80. The van der Waals surface area contributed by atoms with Gasteiger partial charge in [0.25, 0.3) is 5.91 Å². The molecule has 1 aliphatic carbocycles. The molecular weight excluding hydrogens is 360 g/mol. The number of carbonyl (C=O) groups excluding carboxylic acids is 2. The topological polar surface area (TPSA) is 92.8 Å². The maximum absolute atomic E-state index is 12.5. The third-order valence-corrected chi connectivity index (χ3v) is 5.51. The molecule has 8 heteroatoms. The van der Waals surface area contributed by atoms with Gasteiger partial charge in [0.05, 0.1) is 32.1 Å². The monoisotopic (exact) mass is 390 g/mol. The Morgan fingerprint density at radius 1 is 1.25 bits per heavy atom. The van der Waals surface area contributed by atoms with E-state index in [0.717, 1.165) is 58.5 Å². The minimum Gasteiger partial charge on any atom is -0.494 e. The third kappa shape index (κ3) is 5.65. The molecule has 0 spiro atoms. The fourth-order valence-electron chi connectivity index (χ4n) is 3.80. The number of amides is 2. The minimum absolute atomic E-state index is 0.0355. The van der Waals surface area contributed by atoms with Crippen LogP contribution >= 0.6 is 0 Å². The van der Waals surface area contributed by atoms with Crippen molar-refractivity contribution in [2.75, 3.05) is 46.5 Å². The van der Waals surface area contributed by atoms with Gasteiger partial charge in [-0.3, -0.25) is 19.5 Å². The van der Waals surface area contributed by atoms with Crippen LogP contribution in [0.15, 0.2) is 18.5 Å². The van der Waals surface area contributed by atoms with E-state index in [1.807, 2.05) is 0 Å². The highest BCUT2D eigenvalue weighted by Crippen LogP contribution is 2.25. The summed E-state index contributed by atoms with van der Waals surface area (Å²) in [6.07, 6.45) is 6.31. The summed E-state index contributed by atoms with van der Waals surface area (Å²) in [5, 5.41) is 6.12. The lowest BCUT2D eigenvalue weighted by Crippen LogP contribution is -2.44. The second kappa shape index (κ2) is 10.4. The Hall–Kier alpha value is -2.19. The highest BCUT2D eigenvalue weighted by Gasteiger charge is 2.27. The molecule has 2 amide bonds. The quantitative estimate of drug-likeness (QED) is 0.716. The van der Waals surface area contributed by atoms with Crippen LogP contribution in [0.4, 0.5) is 0 Å². The number of pyridine rings is 1. The predicted molar refractivity (Wildman–Crippen MR) is 104 cm³/mol. The van der Waals surface area contributed by atoms with Crippen molar-refractivity contribution in [2.45, 2.75) is 31.7 Å². The number of aromatic nitrogens is 1. The van der Waals surface area contributed by atoms with E-state index < -0.39 is 0 Å². The van der Waals surface area contributed by atoms with Crippen LogP contribution < -0.4 is 15.4 Å². The first-order chi connectivity index (χ1) is 13.7. The molecule has 1 saturated carbocycles. The molecule has 1 aromatic rings. The van der Waals surface area contributed by atoms with Gasteiger partial charge < -0.3 is 20.1 Å². The Balaban J connectivity index is 1.37. The van der Waals surface area contributed by atoms with Crippen LogP contribution in [-0.2, 0) is 9.53 Å². The standard InChI is InChI=1S/C20H30N4O4/c1-27-18-14-21-7-6-17(18)20(26)23-16-4-2-15(3-5-16)19(25)22-8-9-24-10-12-28-13-11-24/h6-7,14-16H,2-5,8-13H2,1H3,(H,22,25)(H,23,26). The number of nitrogens with one attached hydrogen (secondary N) is 2. The summed E-state index contributed by atoms with van der Waals surface area (Å²) in [5.41, 5.74) is 0.487.